The van der Waals surface area contributed by atoms with Crippen LogP contribution in [-0.4, -0.2) is 52.2 Å². The second-order valence-corrected chi connectivity index (χ2v) is 11.3. The van der Waals surface area contributed by atoms with Crippen LogP contribution in [0.3, 0.4) is 0 Å². The van der Waals surface area contributed by atoms with Gasteiger partial charge in [0.1, 0.15) is 5.54 Å². The molecule has 32 heavy (non-hydrogen) atoms. The minimum Gasteiger partial charge on any atom is -0.387 e. The van der Waals surface area contributed by atoms with Crippen LogP contribution >= 0.6 is 0 Å². The first-order valence-corrected chi connectivity index (χ1v) is 12.6. The van der Waals surface area contributed by atoms with E-state index in [9.17, 15) is 14.7 Å². The largest absolute Gasteiger partial charge is 0.387 e. The molecule has 0 radical (unpaired) electrons. The Morgan fingerprint density at radius 1 is 1.12 bits per heavy atom. The highest BCUT2D eigenvalue weighted by molar-refractivity contribution is 6.07. The lowest BCUT2D eigenvalue weighted by atomic mass is 9.46. The maximum absolute atomic E-state index is 12.9. The van der Waals surface area contributed by atoms with Gasteiger partial charge in [-0.15, -0.1) is 0 Å². The molecule has 1 aromatic carbocycles. The summed E-state index contributed by atoms with van der Waals surface area (Å²) < 4.78 is 0. The predicted molar refractivity (Wildman–Crippen MR) is 121 cm³/mol. The fraction of sp³-hybridized carbons (Fsp3) is 0.692. The van der Waals surface area contributed by atoms with Gasteiger partial charge in [0.05, 0.1) is 5.60 Å². The van der Waals surface area contributed by atoms with Crippen LogP contribution in [0.15, 0.2) is 18.2 Å². The molecule has 6 rings (SSSR count). The van der Waals surface area contributed by atoms with Crippen molar-refractivity contribution in [3.63, 3.8) is 0 Å². The second kappa shape index (κ2) is 7.04. The summed E-state index contributed by atoms with van der Waals surface area (Å²) >= 11 is 0. The zero-order valence-corrected chi connectivity index (χ0v) is 19.1. The number of likely N-dealkylation sites (tertiary alicyclic amines) is 1. The Kier molecular flexibility index (Phi) is 4.55. The van der Waals surface area contributed by atoms with Crippen molar-refractivity contribution < 1.29 is 14.7 Å². The van der Waals surface area contributed by atoms with Crippen LogP contribution in [0, 0.1) is 12.8 Å². The molecule has 2 saturated carbocycles. The highest BCUT2D eigenvalue weighted by Gasteiger charge is 2.69. The number of imide groups is 1. The van der Waals surface area contributed by atoms with Gasteiger partial charge in [0, 0.05) is 18.0 Å². The summed E-state index contributed by atoms with van der Waals surface area (Å²) in [5.74, 6) is 0.508. The SMILES string of the molecule is Cc1ccc2c(c1)[C@]13CCN(CC4CCCCC4)[C@H](C2)[C@]1(O)CC[C@@]1(C3)NC(=O)NC1=O. The Morgan fingerprint density at radius 3 is 2.69 bits per heavy atom. The van der Waals surface area contributed by atoms with E-state index < -0.39 is 22.6 Å². The maximum Gasteiger partial charge on any atom is 0.322 e. The average molecular weight is 438 g/mol. The van der Waals surface area contributed by atoms with Crippen LogP contribution in [-0.2, 0) is 16.6 Å². The lowest BCUT2D eigenvalue weighted by molar-refractivity contribution is -0.182. The number of aliphatic hydroxyl groups is 1. The van der Waals surface area contributed by atoms with Crippen LogP contribution in [0.25, 0.3) is 0 Å². The molecule has 2 bridgehead atoms. The molecular formula is C26H35N3O3. The summed E-state index contributed by atoms with van der Waals surface area (Å²) in [6.45, 7) is 4.12. The van der Waals surface area contributed by atoms with E-state index >= 15 is 0 Å². The molecule has 4 atom stereocenters. The quantitative estimate of drug-likeness (QED) is 0.622. The van der Waals surface area contributed by atoms with E-state index in [1.165, 1.54) is 48.8 Å². The molecule has 4 fully saturated rings. The van der Waals surface area contributed by atoms with Crippen molar-refractivity contribution in [2.24, 2.45) is 5.92 Å². The Bertz CT molecular complexity index is 973. The molecule has 6 heteroatoms. The van der Waals surface area contributed by atoms with Gasteiger partial charge < -0.3 is 10.4 Å². The minimum atomic E-state index is -0.905. The molecular weight excluding hydrogens is 402 g/mol. The molecule has 3 amide bonds. The smallest absolute Gasteiger partial charge is 0.322 e. The maximum atomic E-state index is 12.9. The van der Waals surface area contributed by atoms with Crippen molar-refractivity contribution in [3.8, 4) is 0 Å². The van der Waals surface area contributed by atoms with Gasteiger partial charge in [-0.1, -0.05) is 43.0 Å². The Hall–Kier alpha value is -1.92. The molecule has 0 unspecified atom stereocenters. The summed E-state index contributed by atoms with van der Waals surface area (Å²) in [6.07, 6.45) is 9.84. The number of rotatable bonds is 2. The van der Waals surface area contributed by atoms with Crippen molar-refractivity contribution in [2.75, 3.05) is 13.1 Å². The summed E-state index contributed by atoms with van der Waals surface area (Å²) in [7, 11) is 0. The molecule has 5 aliphatic rings. The number of nitrogens with one attached hydrogen (secondary N) is 2. The number of urea groups is 1. The van der Waals surface area contributed by atoms with Gasteiger partial charge in [0.25, 0.3) is 5.91 Å². The summed E-state index contributed by atoms with van der Waals surface area (Å²) in [6, 6.07) is 6.32. The minimum absolute atomic E-state index is 0.0749. The number of benzene rings is 1. The van der Waals surface area contributed by atoms with Gasteiger partial charge in [-0.3, -0.25) is 15.0 Å². The van der Waals surface area contributed by atoms with Crippen molar-refractivity contribution >= 4 is 11.9 Å². The standard InChI is InChI=1S/C26H35N3O3/c1-17-7-8-19-14-21-26(32)10-9-25(22(30)27-23(31)28-25)16-24(26,20(19)13-17)11-12-29(21)15-18-5-3-2-4-6-18/h7-8,13,18,21,32H,2-6,9-12,14-16H2,1H3,(H2,27,28,30,31)/t21-,24-,25+,26-/m1/s1. The van der Waals surface area contributed by atoms with Crippen molar-refractivity contribution in [1.29, 1.82) is 0 Å². The second-order valence-electron chi connectivity index (χ2n) is 11.3. The first-order chi connectivity index (χ1) is 15.4. The van der Waals surface area contributed by atoms with E-state index in [0.717, 1.165) is 31.8 Å². The van der Waals surface area contributed by atoms with Gasteiger partial charge in [-0.05, 0) is 75.5 Å². The molecule has 2 heterocycles. The number of carbonyl (C=O) groups is 2. The zero-order valence-electron chi connectivity index (χ0n) is 19.1. The van der Waals surface area contributed by atoms with Crippen LogP contribution < -0.4 is 10.6 Å². The monoisotopic (exact) mass is 437 g/mol. The summed E-state index contributed by atoms with van der Waals surface area (Å²) in [4.78, 5) is 27.6. The van der Waals surface area contributed by atoms with Crippen LogP contribution in [0.5, 0.6) is 0 Å². The number of amides is 3. The first-order valence-electron chi connectivity index (χ1n) is 12.6. The molecule has 3 aliphatic carbocycles. The van der Waals surface area contributed by atoms with Crippen molar-refractivity contribution in [1.82, 2.24) is 15.5 Å². The summed E-state index contributed by atoms with van der Waals surface area (Å²) in [5.41, 5.74) is 1.41. The van der Waals surface area contributed by atoms with Crippen molar-refractivity contribution in [2.45, 2.75) is 93.7 Å². The lowest BCUT2D eigenvalue weighted by Gasteiger charge is -2.66. The Labute approximate surface area is 190 Å². The molecule has 0 aromatic heterocycles. The third-order valence-corrected chi connectivity index (χ3v) is 9.61. The molecule has 2 aliphatic heterocycles. The van der Waals surface area contributed by atoms with Gasteiger partial charge >= 0.3 is 6.03 Å². The third kappa shape index (κ3) is 2.78. The van der Waals surface area contributed by atoms with E-state index in [0.29, 0.717) is 19.3 Å². The fourth-order valence-corrected chi connectivity index (χ4v) is 8.01. The first kappa shape index (κ1) is 20.7. The van der Waals surface area contributed by atoms with Crippen LogP contribution in [0.2, 0.25) is 0 Å². The van der Waals surface area contributed by atoms with Gasteiger partial charge in [0.15, 0.2) is 0 Å². The van der Waals surface area contributed by atoms with E-state index in [1.54, 1.807) is 0 Å². The fourth-order valence-electron chi connectivity index (χ4n) is 8.01. The van der Waals surface area contributed by atoms with Gasteiger partial charge in [0.2, 0.25) is 0 Å². The zero-order chi connectivity index (χ0) is 22.1. The number of fused-ring (bicyclic) bond motifs is 1. The normalized spacial score (nSPS) is 39.4. The predicted octanol–water partition coefficient (Wildman–Crippen LogP) is 2.94. The molecule has 172 valence electrons. The summed E-state index contributed by atoms with van der Waals surface area (Å²) in [5, 5.41) is 17.9. The van der Waals surface area contributed by atoms with Crippen LogP contribution in [0.4, 0.5) is 4.79 Å². The molecule has 3 N–H and O–H groups in total. The van der Waals surface area contributed by atoms with Crippen molar-refractivity contribution in [3.05, 3.63) is 34.9 Å². The molecule has 6 nitrogen and oxygen atoms in total. The number of hydrogen-bond acceptors (Lipinski definition) is 4. The molecule has 1 spiro atoms. The Balaban J connectivity index is 1.42. The number of piperidine rings is 1. The van der Waals surface area contributed by atoms with E-state index in [4.69, 9.17) is 0 Å². The van der Waals surface area contributed by atoms with Crippen LogP contribution in [0.1, 0.15) is 74.5 Å². The molecule has 1 aromatic rings. The lowest BCUT2D eigenvalue weighted by Crippen LogP contribution is -2.76. The number of nitrogens with zero attached hydrogens (tertiary/aromatic N) is 1. The molecule has 2 saturated heterocycles. The number of carbonyl (C=O) groups excluding carboxylic acids is 2. The van der Waals surface area contributed by atoms with Gasteiger partial charge in [-0.2, -0.15) is 0 Å². The average Bonchev–Trinajstić information content (AvgIpc) is 3.04. The highest BCUT2D eigenvalue weighted by atomic mass is 16.3. The number of hydrogen-bond donors (Lipinski definition) is 3. The van der Waals surface area contributed by atoms with E-state index in [2.05, 4.69) is 40.7 Å². The highest BCUT2D eigenvalue weighted by Crippen LogP contribution is 2.60. The Morgan fingerprint density at radius 2 is 1.94 bits per heavy atom. The van der Waals surface area contributed by atoms with E-state index in [1.807, 2.05) is 0 Å². The third-order valence-electron chi connectivity index (χ3n) is 9.61. The van der Waals surface area contributed by atoms with Gasteiger partial charge in [-0.25, -0.2) is 4.79 Å². The van der Waals surface area contributed by atoms with E-state index in [-0.39, 0.29) is 11.9 Å². The topological polar surface area (TPSA) is 81.7 Å². The number of aryl methyl sites for hydroxylation is 1.